The summed E-state index contributed by atoms with van der Waals surface area (Å²) in [7, 11) is 0. The van der Waals surface area contributed by atoms with E-state index in [4.69, 9.17) is 38.4 Å². The standard InChI is InChI=1S/2C37H40F4N4O2S/c1-4-43(5-2)18-19-44(22-26-6-10-28(11-7-26)29-12-14-30(15-13-29)37(39,40)41)34(46)23-45-33-21-25(3)20-32(33)35(47)42-36(45)48-24-27-8-16-31(38)17-9-27;1-4-43(5-2)19-20-44(22-29-12-11-28(21-25(29)3)27-13-15-30(16-14-27)37(39,40)41)34(46)23-45-33-8-6-7-32(33)35(47)42-36(45)48-24-26-9-17-31(38)18-10-26/h6-17,25H,4-5,18-24H2,1-3H3;9-18,21H,4-8,19-20,22-24H2,1-3H3/i4D2,5D2,8D,9D,16D,17D,20D2,21D2,25D;4D2,5D2,9D,10D,11D,12D,13D,14D,15D,16D,17D,18D,21D. The molecule has 0 fully saturated rings. The fourth-order valence-electron chi connectivity index (χ4n) is 9.97. The fraction of sp³-hybridized carbons (Fsp3) is 0.378. The summed E-state index contributed by atoms with van der Waals surface area (Å²) in [6, 6.07) is -3.47. The molecule has 2 aliphatic carbocycles. The van der Waals surface area contributed by atoms with Crippen LogP contribution >= 0.6 is 23.5 Å². The molecule has 8 aromatic rings. The van der Waals surface area contributed by atoms with Gasteiger partial charge in [-0.05, 0) is 169 Å². The van der Waals surface area contributed by atoms with Crippen LogP contribution in [0.25, 0.3) is 22.3 Å². The average molecular weight is 1390 g/mol. The molecule has 0 bridgehead atoms. The third kappa shape index (κ3) is 19.0. The van der Waals surface area contributed by atoms with Crippen molar-refractivity contribution >= 4 is 35.3 Å². The maximum absolute atomic E-state index is 14.6. The van der Waals surface area contributed by atoms with Crippen LogP contribution in [0.4, 0.5) is 35.1 Å². The molecule has 1 atom stereocenters. The van der Waals surface area contributed by atoms with Crippen LogP contribution in [-0.4, -0.2) is 103 Å². The van der Waals surface area contributed by atoms with Crippen LogP contribution in [0.2, 0.25) is 0 Å². The highest BCUT2D eigenvalue weighted by atomic mass is 32.2. The Morgan fingerprint density at radius 1 is 0.573 bits per heavy atom. The van der Waals surface area contributed by atoms with Gasteiger partial charge in [0.1, 0.15) is 24.7 Å². The van der Waals surface area contributed by atoms with Crippen LogP contribution in [0.3, 0.4) is 0 Å². The van der Waals surface area contributed by atoms with Gasteiger partial charge in [0.25, 0.3) is 11.1 Å². The number of rotatable bonds is 26. The van der Waals surface area contributed by atoms with Crippen molar-refractivity contribution in [3.05, 3.63) is 233 Å². The summed E-state index contributed by atoms with van der Waals surface area (Å²) < 4.78 is 346. The van der Waals surface area contributed by atoms with Crippen LogP contribution in [0, 0.1) is 24.5 Å². The number of aromatic nitrogens is 4. The lowest BCUT2D eigenvalue weighted by Gasteiger charge is -2.28. The van der Waals surface area contributed by atoms with Crippen molar-refractivity contribution in [2.75, 3.05) is 52.2 Å². The Labute approximate surface area is 603 Å². The van der Waals surface area contributed by atoms with Gasteiger partial charge >= 0.3 is 12.4 Å². The second-order valence-electron chi connectivity index (χ2n) is 21.3. The molecular weight excluding hydrogens is 1280 g/mol. The molecule has 2 aliphatic rings. The Hall–Kier alpha value is -7.92. The van der Waals surface area contributed by atoms with Crippen molar-refractivity contribution in [2.24, 2.45) is 5.89 Å². The minimum Gasteiger partial charge on any atom is -0.336 e. The maximum Gasteiger partial charge on any atom is 0.416 e. The van der Waals surface area contributed by atoms with E-state index in [2.05, 4.69) is 9.97 Å². The second-order valence-corrected chi connectivity index (χ2v) is 23.2. The van der Waals surface area contributed by atoms with E-state index in [1.54, 1.807) is 24.3 Å². The van der Waals surface area contributed by atoms with Crippen LogP contribution in [0.1, 0.15) is 141 Å². The number of hydrogen-bond donors (Lipinski definition) is 0. The van der Waals surface area contributed by atoms with Crippen molar-refractivity contribution in [2.45, 2.75) is 134 Å². The van der Waals surface area contributed by atoms with Crippen molar-refractivity contribution < 1.29 is 83.1 Å². The lowest BCUT2D eigenvalue weighted by Crippen LogP contribution is -2.40. The molecule has 1 unspecified atom stereocenters. The van der Waals surface area contributed by atoms with E-state index in [9.17, 15) is 54.3 Å². The normalized spacial score (nSPS) is 20.2. The number of halogens is 8. The van der Waals surface area contributed by atoms with Crippen molar-refractivity contribution in [3.63, 3.8) is 0 Å². The number of alkyl halides is 6. The van der Waals surface area contributed by atoms with Gasteiger partial charge in [0, 0.05) is 91.1 Å². The molecule has 508 valence electrons. The highest BCUT2D eigenvalue weighted by Crippen LogP contribution is 2.35. The van der Waals surface area contributed by atoms with E-state index in [0.29, 0.717) is 59.0 Å². The van der Waals surface area contributed by atoms with E-state index < -0.39 is 266 Å². The van der Waals surface area contributed by atoms with Gasteiger partial charge in [-0.3, -0.25) is 19.2 Å². The minimum absolute atomic E-state index is 0.0911. The molecule has 6 aromatic carbocycles. The summed E-state index contributed by atoms with van der Waals surface area (Å²) in [5.74, 6) is -7.96. The molecule has 0 spiro atoms. The predicted molar refractivity (Wildman–Crippen MR) is 362 cm³/mol. The Morgan fingerprint density at radius 3 is 1.54 bits per heavy atom. The minimum atomic E-state index is -5.28. The monoisotopic (exact) mass is 1390 g/mol. The van der Waals surface area contributed by atoms with Gasteiger partial charge in [-0.1, -0.05) is 149 Å². The Kier molecular flexibility index (Phi) is 14.9. The maximum atomic E-state index is 14.6. The summed E-state index contributed by atoms with van der Waals surface area (Å²) >= 11 is 1.32. The quantitative estimate of drug-likeness (QED) is 0.0295. The molecule has 10 rings (SSSR count). The van der Waals surface area contributed by atoms with Gasteiger partial charge in [0.15, 0.2) is 10.3 Å². The van der Waals surface area contributed by atoms with Crippen LogP contribution in [0.5, 0.6) is 0 Å². The number of hydrogen-bond acceptors (Lipinski definition) is 10. The topological polar surface area (TPSA) is 117 Å². The fourth-order valence-corrected chi connectivity index (χ4v) is 11.7. The van der Waals surface area contributed by atoms with Crippen molar-refractivity contribution in [1.82, 2.24) is 38.7 Å². The highest BCUT2D eigenvalue weighted by Gasteiger charge is 2.33. The van der Waals surface area contributed by atoms with Crippen molar-refractivity contribution in [3.8, 4) is 22.3 Å². The molecular formula is C74H80F8N8O4S2. The molecule has 22 heteroatoms. The zero-order valence-corrected chi connectivity index (χ0v) is 54.0. The smallest absolute Gasteiger partial charge is 0.336 e. The molecule has 12 nitrogen and oxygen atoms in total. The number of benzene rings is 6. The molecule has 0 saturated carbocycles. The van der Waals surface area contributed by atoms with Gasteiger partial charge in [0.2, 0.25) is 11.8 Å². The van der Waals surface area contributed by atoms with Gasteiger partial charge < -0.3 is 28.7 Å². The number of carbonyl (C=O) groups is 2. The van der Waals surface area contributed by atoms with E-state index in [0.717, 1.165) is 82.7 Å². The SMILES string of the molecule is [2H]c1c([2H])c(CSc2nc(=O)c3c(n2CC(=O)N(CCN(C([2H])([2H])C)C([2H])([2H])C)Cc2c([2H])c([2H])c(-c4c([2H])c([2H])c(C(F)(F)F)c([2H])c4[2H])c([2H])c2C)CCC3)c([2H])c([2H])c1F.[2H]c1c([2H])c(CSc2nc(=O)c3c(n2CC(=O)N(CCN(C([2H])([2H])C)C([2H])([2H])C)Cc2ccc(-c4ccc(C(F)(F)F)cc4)cc2)C([2H])([2H])C([2H])(C)C3([2H])[2H])c([2H])c([2H])c1F. The summed E-state index contributed by atoms with van der Waals surface area (Å²) in [6.45, 7) is -6.46. The highest BCUT2D eigenvalue weighted by molar-refractivity contribution is 7.98. The Morgan fingerprint density at radius 2 is 1.04 bits per heavy atom. The number of fused-ring (bicyclic) bond motifs is 2. The Bertz CT molecular complexity index is 5510. The molecule has 96 heavy (non-hydrogen) atoms. The van der Waals surface area contributed by atoms with Crippen molar-refractivity contribution in [1.29, 1.82) is 0 Å². The number of amides is 2. The largest absolute Gasteiger partial charge is 0.416 e. The van der Waals surface area contributed by atoms with Crippen LogP contribution in [-0.2, 0) is 85.2 Å². The third-order valence-corrected chi connectivity index (χ3v) is 17.0. The average Bonchev–Trinajstić information content (AvgIpc) is 1.52. The zero-order valence-electron chi connectivity index (χ0n) is 80.4. The Balaban J connectivity index is 0.000000281. The van der Waals surface area contributed by atoms with Gasteiger partial charge in [-0.25, -0.2) is 8.78 Å². The zero-order chi connectivity index (χ0) is 93.6. The summed E-state index contributed by atoms with van der Waals surface area (Å²) in [6.07, 6.45) is -14.7. The molecule has 0 saturated heterocycles. The second kappa shape index (κ2) is 32.9. The first-order valence-corrected chi connectivity index (χ1v) is 31.4. The first-order chi connectivity index (χ1) is 56.8. The molecule has 2 aromatic heterocycles. The number of likely N-dealkylation sites (N-methyl/N-ethyl adjacent to an activating group) is 2. The van der Waals surface area contributed by atoms with E-state index in [-0.39, 0.29) is 46.3 Å². The van der Waals surface area contributed by atoms with E-state index in [1.165, 1.54) is 23.6 Å². The summed E-state index contributed by atoms with van der Waals surface area (Å²) in [5.41, 5.74) is -6.39. The van der Waals surface area contributed by atoms with E-state index >= 15 is 0 Å². The lowest BCUT2D eigenvalue weighted by molar-refractivity contribution is -0.138. The molecule has 2 amide bonds. The molecule has 2 heterocycles. The lowest BCUT2D eigenvalue weighted by atomic mass is 9.98. The first kappa shape index (κ1) is 43.4. The molecule has 0 radical (unpaired) electrons. The summed E-state index contributed by atoms with van der Waals surface area (Å²) in [4.78, 5) is 68.0. The summed E-state index contributed by atoms with van der Waals surface area (Å²) in [5, 5.41) is -0.542. The number of thioether (sulfide) groups is 2. The number of carbonyl (C=O) groups excluding carboxylic acids is 2. The predicted octanol–water partition coefficient (Wildman–Crippen LogP) is 15.0. The molecule has 0 N–H and O–H groups in total. The van der Waals surface area contributed by atoms with Gasteiger partial charge in [0.05, 0.1) is 31.7 Å². The third-order valence-electron chi connectivity index (χ3n) is 15.0. The van der Waals surface area contributed by atoms with E-state index in [1.807, 2.05) is 0 Å². The first-order valence-electron chi connectivity index (χ1n) is 43.4. The van der Waals surface area contributed by atoms with Gasteiger partial charge in [-0.15, -0.1) is 0 Å². The molecule has 0 aliphatic heterocycles. The van der Waals surface area contributed by atoms with Gasteiger partial charge in [-0.2, -0.15) is 36.3 Å². The van der Waals surface area contributed by atoms with Crippen LogP contribution < -0.4 is 11.1 Å². The van der Waals surface area contributed by atoms with Crippen LogP contribution in [0.15, 0.2) is 159 Å². The number of nitrogens with zero attached hydrogens (tertiary/aromatic N) is 8.